The average molecular weight is 837 g/mol. The first-order chi connectivity index (χ1) is 26.7. The summed E-state index contributed by atoms with van der Waals surface area (Å²) in [5.74, 6) is -7.89. The van der Waals surface area contributed by atoms with Crippen LogP contribution in [0.15, 0.2) is 70.7 Å². The summed E-state index contributed by atoms with van der Waals surface area (Å²) in [4.78, 5) is 54.9. The van der Waals surface area contributed by atoms with Crippen LogP contribution in [0.3, 0.4) is 0 Å². The minimum Gasteiger partial charge on any atom is -0.464 e. The number of hydrogen-bond donors (Lipinski definition) is 5. The highest BCUT2D eigenvalue weighted by Gasteiger charge is 2.26. The average Bonchev–Trinajstić information content (AvgIpc) is 3.80. The van der Waals surface area contributed by atoms with Crippen molar-refractivity contribution >= 4 is 55.1 Å². The number of sulfonamides is 1. The van der Waals surface area contributed by atoms with E-state index in [0.717, 1.165) is 64.9 Å². The van der Waals surface area contributed by atoms with Gasteiger partial charge in [0.15, 0.2) is 45.2 Å². The lowest BCUT2D eigenvalue weighted by molar-refractivity contribution is 0.0590. The molecule has 6 aromatic rings. The number of halogens is 4. The molecule has 4 heterocycles. The number of amides is 3. The van der Waals surface area contributed by atoms with Gasteiger partial charge in [0.2, 0.25) is 10.0 Å². The number of nitrogens with two attached hydrogens (primary N) is 2. The number of nitrogens with one attached hydrogen (secondary N) is 2. The summed E-state index contributed by atoms with van der Waals surface area (Å²) in [5.41, 5.74) is 3.52. The molecule has 0 fully saturated rings. The quantitative estimate of drug-likeness (QED) is 0.0720. The van der Waals surface area contributed by atoms with E-state index in [9.17, 15) is 58.1 Å². The number of aromatic nitrogens is 6. The van der Waals surface area contributed by atoms with Crippen molar-refractivity contribution in [3.63, 3.8) is 0 Å². The van der Waals surface area contributed by atoms with E-state index in [0.29, 0.717) is 0 Å². The molecule has 0 unspecified atom stereocenters. The first-order valence-electron chi connectivity index (χ1n) is 15.3. The maximum Gasteiger partial charge on any atom is 0.356 e. The highest BCUT2D eigenvalue weighted by molar-refractivity contribution is 7.89. The van der Waals surface area contributed by atoms with Gasteiger partial charge >= 0.3 is 5.97 Å². The molecule has 0 saturated heterocycles. The van der Waals surface area contributed by atoms with Crippen molar-refractivity contribution in [3.05, 3.63) is 118 Å². The zero-order valence-electron chi connectivity index (χ0n) is 28.5. The summed E-state index contributed by atoms with van der Waals surface area (Å²) < 4.78 is 114. The van der Waals surface area contributed by atoms with Gasteiger partial charge in [0, 0.05) is 25.2 Å². The molecule has 0 aliphatic heterocycles. The molecule has 6 rings (SSSR count). The van der Waals surface area contributed by atoms with E-state index < -0.39 is 88.2 Å². The van der Waals surface area contributed by atoms with Crippen LogP contribution < -0.4 is 21.5 Å². The van der Waals surface area contributed by atoms with Gasteiger partial charge < -0.3 is 21.1 Å². The number of carbonyl (C=O) groups is 4. The second-order valence-electron chi connectivity index (χ2n) is 11.3. The number of rotatable bonds is 10. The van der Waals surface area contributed by atoms with Crippen LogP contribution >= 0.6 is 0 Å². The normalized spacial score (nSPS) is 11.5. The van der Waals surface area contributed by atoms with E-state index in [-0.39, 0.29) is 46.9 Å². The van der Waals surface area contributed by atoms with Crippen LogP contribution in [-0.4, -0.2) is 81.4 Å². The summed E-state index contributed by atoms with van der Waals surface area (Å²) >= 11 is 0. The molecule has 57 heavy (non-hydrogen) atoms. The van der Waals surface area contributed by atoms with Gasteiger partial charge in [0.25, 0.3) is 27.8 Å². The molecule has 26 heteroatoms. The van der Waals surface area contributed by atoms with E-state index in [2.05, 4.69) is 35.5 Å². The monoisotopic (exact) mass is 836 g/mol. The number of primary amides is 1. The van der Waals surface area contributed by atoms with Crippen LogP contribution in [-0.2, 0) is 38.0 Å². The Kier molecular flexibility index (Phi) is 11.6. The molecule has 0 saturated carbocycles. The molecular formula is C31H24F4N10O10S2. The number of hydrogen-bond acceptors (Lipinski definition) is 13. The van der Waals surface area contributed by atoms with Gasteiger partial charge in [-0.25, -0.2) is 54.9 Å². The maximum absolute atomic E-state index is 13.3. The van der Waals surface area contributed by atoms with Gasteiger partial charge in [-0.1, -0.05) is 12.1 Å². The van der Waals surface area contributed by atoms with Crippen molar-refractivity contribution in [2.75, 3.05) is 7.11 Å². The molecule has 0 bridgehead atoms. The van der Waals surface area contributed by atoms with Crippen LogP contribution in [0.1, 0.15) is 53.1 Å². The fourth-order valence-electron chi connectivity index (χ4n) is 4.77. The summed E-state index contributed by atoms with van der Waals surface area (Å²) in [6, 6.07) is 8.10. The molecule has 20 nitrogen and oxygen atoms in total. The summed E-state index contributed by atoms with van der Waals surface area (Å²) in [5, 5.41) is 17.2. The molecule has 0 spiro atoms. The highest BCUT2D eigenvalue weighted by Crippen LogP contribution is 2.19. The van der Waals surface area contributed by atoms with Crippen molar-refractivity contribution in [1.29, 1.82) is 0 Å². The first-order valence-corrected chi connectivity index (χ1v) is 18.3. The van der Waals surface area contributed by atoms with Crippen LogP contribution in [0.5, 0.6) is 0 Å². The second kappa shape index (κ2) is 16.1. The largest absolute Gasteiger partial charge is 0.464 e. The van der Waals surface area contributed by atoms with Crippen molar-refractivity contribution < 1.29 is 62.9 Å². The third-order valence-electron chi connectivity index (χ3n) is 7.45. The highest BCUT2D eigenvalue weighted by atomic mass is 32.2. The first kappa shape index (κ1) is 41.3. The molecule has 7 N–H and O–H groups in total. The second-order valence-corrected chi connectivity index (χ2v) is 14.2. The predicted molar refractivity (Wildman–Crippen MR) is 182 cm³/mol. The van der Waals surface area contributed by atoms with Crippen LogP contribution in [0, 0.1) is 23.3 Å². The molecule has 0 radical (unpaired) electrons. The Morgan fingerprint density at radius 2 is 1.16 bits per heavy atom. The van der Waals surface area contributed by atoms with Crippen molar-refractivity contribution in [2.45, 2.75) is 22.9 Å². The zero-order chi connectivity index (χ0) is 42.0. The zero-order valence-corrected chi connectivity index (χ0v) is 30.1. The van der Waals surface area contributed by atoms with Crippen LogP contribution in [0.4, 0.5) is 17.6 Å². The number of carbonyl (C=O) groups excluding carboxylic acids is 4. The number of methoxy groups -OCH3 is 1. The summed E-state index contributed by atoms with van der Waals surface area (Å²) in [6.07, 6.45) is 1.63. The molecule has 0 aliphatic carbocycles. The Morgan fingerprint density at radius 1 is 0.719 bits per heavy atom. The van der Waals surface area contributed by atoms with E-state index in [1.807, 2.05) is 0 Å². The number of esters is 1. The smallest absolute Gasteiger partial charge is 0.356 e. The van der Waals surface area contributed by atoms with Gasteiger partial charge in [-0.15, -0.1) is 0 Å². The van der Waals surface area contributed by atoms with Crippen molar-refractivity contribution in [2.24, 2.45) is 10.9 Å². The van der Waals surface area contributed by atoms with Gasteiger partial charge in [-0.2, -0.15) is 18.6 Å². The number of primary sulfonamides is 1. The molecule has 0 aliphatic rings. The van der Waals surface area contributed by atoms with E-state index in [4.69, 9.17) is 10.9 Å². The topological polar surface area (TPSA) is 303 Å². The minimum absolute atomic E-state index is 0.184. The lowest BCUT2D eigenvalue weighted by Gasteiger charge is -2.08. The van der Waals surface area contributed by atoms with Gasteiger partial charge in [-0.05, 0) is 35.4 Å². The van der Waals surface area contributed by atoms with Crippen LogP contribution in [0.2, 0.25) is 0 Å². The molecular weight excluding hydrogens is 813 g/mol. The molecule has 2 aromatic carbocycles. The van der Waals surface area contributed by atoms with Crippen molar-refractivity contribution in [1.82, 2.24) is 39.8 Å². The van der Waals surface area contributed by atoms with Gasteiger partial charge in [0.05, 0.1) is 19.5 Å². The molecule has 0 atom stereocenters. The molecule has 3 amide bonds. The van der Waals surface area contributed by atoms with E-state index in [1.54, 1.807) is 0 Å². The number of benzene rings is 2. The summed E-state index contributed by atoms with van der Waals surface area (Å²) in [6.45, 7) is -0.392. The lowest BCUT2D eigenvalue weighted by Crippen LogP contribution is -2.26. The van der Waals surface area contributed by atoms with Crippen molar-refractivity contribution in [3.8, 4) is 0 Å². The van der Waals surface area contributed by atoms with Gasteiger partial charge in [-0.3, -0.25) is 18.9 Å². The fraction of sp³-hybridized carbons (Fsp3) is 0.0968. The maximum atomic E-state index is 13.3. The lowest BCUT2D eigenvalue weighted by atomic mass is 10.2. The molecule has 4 aromatic heterocycles. The SMILES string of the molecule is COC(=O)c1cc(C(=O)NCc2ccc(F)c(F)c2)nc2c(S(=O)(=O)O)cnn12.NC(=O)c1cc(C(=O)NCc2ccc(F)c(F)c2)nc2c(S(N)(=O)=O)cnn12. The Morgan fingerprint density at radius 3 is 1.58 bits per heavy atom. The molecule has 298 valence electrons. The summed E-state index contributed by atoms with van der Waals surface area (Å²) in [7, 11) is -7.93. The fourth-order valence-corrected chi connectivity index (χ4v) is 5.90. The Balaban J connectivity index is 0.000000218. The van der Waals surface area contributed by atoms with E-state index in [1.165, 1.54) is 12.1 Å². The predicted octanol–water partition coefficient (Wildman–Crippen LogP) is 0.655. The number of fused-ring (bicyclic) bond motifs is 2. The Bertz CT molecular complexity index is 2850. The number of nitrogens with zero attached hydrogens (tertiary/aromatic N) is 6. The van der Waals surface area contributed by atoms with Crippen LogP contribution in [0.25, 0.3) is 11.3 Å². The van der Waals surface area contributed by atoms with E-state index >= 15 is 0 Å². The standard InChI is InChI=1S/C16H12F2N4O6S.C15H12F2N6O4S/c1-28-16(24)12-5-11(21-14-13(29(25,26)27)7-20-22(12)14)15(23)19-6-8-2-3-9(17)10(18)4-8;16-8-2-1-7(3-9(8)17)5-20-15(25)10-4-11(13(18)24)23-14(22-10)12(6-21-23)28(19,26)27/h2-5,7H,6H2,1H3,(H,19,23)(H,25,26,27);1-4,6H,5H2,(H2,18,24)(H,20,25)(H2,19,26,27). The Hall–Kier alpha value is -6.90. The van der Waals surface area contributed by atoms with Gasteiger partial charge in [0.1, 0.15) is 22.0 Å². The third kappa shape index (κ3) is 9.15. The minimum atomic E-state index is -4.75. The third-order valence-corrected chi connectivity index (χ3v) is 9.19. The Labute approximate surface area is 316 Å². The number of ether oxygens (including phenoxy) is 1.